The molecule has 0 fully saturated rings. The van der Waals surface area contributed by atoms with Crippen molar-refractivity contribution in [3.63, 3.8) is 0 Å². The van der Waals surface area contributed by atoms with Crippen LogP contribution in [0, 0.1) is 5.92 Å². The summed E-state index contributed by atoms with van der Waals surface area (Å²) in [6, 6.07) is 20.2. The van der Waals surface area contributed by atoms with Crippen LogP contribution in [0.15, 0.2) is 60.8 Å². The third-order valence-corrected chi connectivity index (χ3v) is 6.05. The first-order valence-electron chi connectivity index (χ1n) is 9.91. The number of benzene rings is 3. The van der Waals surface area contributed by atoms with E-state index in [1.165, 1.54) is 43.8 Å². The highest BCUT2D eigenvalue weighted by molar-refractivity contribution is 6.05. The highest BCUT2D eigenvalue weighted by atomic mass is 14.7. The number of fused-ring (bicyclic) bond motifs is 4. The predicted octanol–water partition coefficient (Wildman–Crippen LogP) is 6.89. The summed E-state index contributed by atoms with van der Waals surface area (Å²) >= 11 is 0. The lowest BCUT2D eigenvalue weighted by Crippen LogP contribution is -2.25. The lowest BCUT2D eigenvalue weighted by Gasteiger charge is -2.36. The number of hydrogen-bond acceptors (Lipinski definition) is 1. The first-order chi connectivity index (χ1) is 13.0. The molecule has 5 rings (SSSR count). The number of aromatic nitrogens is 1. The molecule has 0 saturated heterocycles. The molecule has 0 radical (unpaired) electrons. The van der Waals surface area contributed by atoms with Crippen LogP contribution in [0.4, 0.5) is 0 Å². The first kappa shape index (κ1) is 16.5. The summed E-state index contributed by atoms with van der Waals surface area (Å²) in [5.41, 5.74) is 6.63. The van der Waals surface area contributed by atoms with E-state index in [1.54, 1.807) is 0 Å². The summed E-state index contributed by atoms with van der Waals surface area (Å²) in [6.45, 7) is 9.34. The van der Waals surface area contributed by atoms with E-state index >= 15 is 0 Å². The quantitative estimate of drug-likeness (QED) is 0.383. The van der Waals surface area contributed by atoms with Crippen molar-refractivity contribution in [2.24, 2.45) is 5.92 Å². The average molecular weight is 351 g/mol. The van der Waals surface area contributed by atoms with Crippen LogP contribution in [0.5, 0.6) is 0 Å². The molecule has 1 heterocycles. The molecule has 1 heteroatoms. The van der Waals surface area contributed by atoms with Crippen molar-refractivity contribution in [3.8, 4) is 11.3 Å². The molecular weight excluding hydrogens is 326 g/mol. The van der Waals surface area contributed by atoms with E-state index in [0.717, 1.165) is 12.1 Å². The Hall–Kier alpha value is -2.67. The Bertz CT molecular complexity index is 1200. The molecule has 0 spiro atoms. The average Bonchev–Trinajstić information content (AvgIpc) is 2.64. The standard InChI is InChI=1S/C26H25N/c1-16(2)13-17-14-19-11-12-27-25-21-10-9-18-7-5-6-8-20(18)24(21)26(3,4)22(15-17)23(19)25/h5-12,14-16H,13H2,1-4H3. The summed E-state index contributed by atoms with van der Waals surface area (Å²) in [5, 5.41) is 5.30. The smallest absolute Gasteiger partial charge is 0.0786 e. The molecule has 0 amide bonds. The Kier molecular flexibility index (Phi) is 3.46. The molecule has 4 aromatic rings. The van der Waals surface area contributed by atoms with Crippen LogP contribution in [-0.2, 0) is 11.8 Å². The fourth-order valence-electron chi connectivity index (χ4n) is 4.94. The third-order valence-electron chi connectivity index (χ3n) is 6.05. The Balaban J connectivity index is 1.93. The van der Waals surface area contributed by atoms with Gasteiger partial charge in [-0.15, -0.1) is 0 Å². The molecule has 1 nitrogen and oxygen atoms in total. The minimum Gasteiger partial charge on any atom is -0.256 e. The van der Waals surface area contributed by atoms with Crippen molar-refractivity contribution in [2.75, 3.05) is 0 Å². The van der Waals surface area contributed by atoms with Crippen LogP contribution in [0.2, 0.25) is 0 Å². The number of hydrogen-bond donors (Lipinski definition) is 0. The van der Waals surface area contributed by atoms with Crippen molar-refractivity contribution in [1.29, 1.82) is 0 Å². The van der Waals surface area contributed by atoms with Gasteiger partial charge in [0, 0.05) is 22.6 Å². The van der Waals surface area contributed by atoms with Crippen molar-refractivity contribution in [3.05, 3.63) is 77.5 Å². The zero-order valence-corrected chi connectivity index (χ0v) is 16.5. The SMILES string of the molecule is CC(C)Cc1cc2c3c(nccc3c1)-c1ccc3ccccc3c1C2(C)C. The molecule has 27 heavy (non-hydrogen) atoms. The fourth-order valence-corrected chi connectivity index (χ4v) is 4.94. The first-order valence-corrected chi connectivity index (χ1v) is 9.91. The van der Waals surface area contributed by atoms with Crippen molar-refractivity contribution in [2.45, 2.75) is 39.5 Å². The van der Waals surface area contributed by atoms with Crippen LogP contribution < -0.4 is 0 Å². The molecule has 0 N–H and O–H groups in total. The Labute approximate surface area is 161 Å². The summed E-state index contributed by atoms with van der Waals surface area (Å²) < 4.78 is 0. The Morgan fingerprint density at radius 1 is 0.926 bits per heavy atom. The number of rotatable bonds is 2. The number of nitrogens with zero attached hydrogens (tertiary/aromatic N) is 1. The maximum absolute atomic E-state index is 4.84. The molecule has 0 aliphatic heterocycles. The lowest BCUT2D eigenvalue weighted by molar-refractivity contribution is 0.633. The summed E-state index contributed by atoms with van der Waals surface area (Å²) in [6.07, 6.45) is 3.08. The largest absolute Gasteiger partial charge is 0.256 e. The lowest BCUT2D eigenvalue weighted by atomic mass is 9.67. The van der Waals surface area contributed by atoms with Crippen LogP contribution in [0.25, 0.3) is 32.8 Å². The summed E-state index contributed by atoms with van der Waals surface area (Å²) in [5.74, 6) is 0.649. The molecule has 1 aromatic heterocycles. The van der Waals surface area contributed by atoms with E-state index in [-0.39, 0.29) is 5.41 Å². The van der Waals surface area contributed by atoms with Gasteiger partial charge in [-0.2, -0.15) is 0 Å². The van der Waals surface area contributed by atoms with Gasteiger partial charge in [-0.1, -0.05) is 76.2 Å². The van der Waals surface area contributed by atoms with Gasteiger partial charge in [0.2, 0.25) is 0 Å². The van der Waals surface area contributed by atoms with Gasteiger partial charge in [-0.25, -0.2) is 0 Å². The van der Waals surface area contributed by atoms with Gasteiger partial charge >= 0.3 is 0 Å². The van der Waals surface area contributed by atoms with E-state index in [1.807, 2.05) is 6.20 Å². The van der Waals surface area contributed by atoms with Crippen molar-refractivity contribution < 1.29 is 0 Å². The minimum atomic E-state index is -0.0581. The van der Waals surface area contributed by atoms with Gasteiger partial charge < -0.3 is 0 Å². The maximum Gasteiger partial charge on any atom is 0.0786 e. The van der Waals surface area contributed by atoms with E-state index in [0.29, 0.717) is 5.92 Å². The van der Waals surface area contributed by atoms with Gasteiger partial charge in [0.25, 0.3) is 0 Å². The van der Waals surface area contributed by atoms with Crippen LogP contribution in [-0.4, -0.2) is 4.98 Å². The van der Waals surface area contributed by atoms with Gasteiger partial charge in [0.05, 0.1) is 5.69 Å². The van der Waals surface area contributed by atoms with Crippen LogP contribution in [0.1, 0.15) is 44.4 Å². The molecule has 0 bridgehead atoms. The van der Waals surface area contributed by atoms with Gasteiger partial charge in [-0.05, 0) is 51.3 Å². The zero-order chi connectivity index (χ0) is 18.8. The number of pyridine rings is 1. The minimum absolute atomic E-state index is 0.0581. The van der Waals surface area contributed by atoms with Crippen molar-refractivity contribution >= 4 is 21.5 Å². The molecule has 0 atom stereocenters. The normalized spacial score (nSPS) is 14.7. The van der Waals surface area contributed by atoms with Gasteiger partial charge in [-0.3, -0.25) is 4.98 Å². The Morgan fingerprint density at radius 3 is 2.56 bits per heavy atom. The monoisotopic (exact) mass is 351 g/mol. The molecule has 134 valence electrons. The second kappa shape index (κ2) is 5.66. The predicted molar refractivity (Wildman–Crippen MR) is 115 cm³/mol. The van der Waals surface area contributed by atoms with Crippen molar-refractivity contribution in [1.82, 2.24) is 4.98 Å². The van der Waals surface area contributed by atoms with Crippen LogP contribution in [0.3, 0.4) is 0 Å². The van der Waals surface area contributed by atoms with E-state index in [4.69, 9.17) is 4.98 Å². The second-order valence-corrected chi connectivity index (χ2v) is 8.83. The molecule has 1 aliphatic carbocycles. The topological polar surface area (TPSA) is 12.9 Å². The molecule has 0 unspecified atom stereocenters. The molecule has 1 aliphatic rings. The second-order valence-electron chi connectivity index (χ2n) is 8.83. The summed E-state index contributed by atoms with van der Waals surface area (Å²) in [4.78, 5) is 4.84. The molecule has 3 aromatic carbocycles. The van der Waals surface area contributed by atoms with Crippen LogP contribution >= 0.6 is 0 Å². The molecular formula is C26H25N. The maximum atomic E-state index is 4.84. The van der Waals surface area contributed by atoms with Gasteiger partial charge in [0.1, 0.15) is 0 Å². The molecule has 0 saturated carbocycles. The Morgan fingerprint density at radius 2 is 1.74 bits per heavy atom. The third kappa shape index (κ3) is 2.34. The fraction of sp³-hybridized carbons (Fsp3) is 0.269. The highest BCUT2D eigenvalue weighted by Gasteiger charge is 2.35. The van der Waals surface area contributed by atoms with E-state index < -0.39 is 0 Å². The van der Waals surface area contributed by atoms with Gasteiger partial charge in [0.15, 0.2) is 0 Å². The van der Waals surface area contributed by atoms with E-state index in [9.17, 15) is 0 Å². The summed E-state index contributed by atoms with van der Waals surface area (Å²) in [7, 11) is 0. The zero-order valence-electron chi connectivity index (χ0n) is 16.5. The van der Waals surface area contributed by atoms with E-state index in [2.05, 4.69) is 82.3 Å². The highest BCUT2D eigenvalue weighted by Crippen LogP contribution is 2.50.